The first-order chi connectivity index (χ1) is 14.5. The summed E-state index contributed by atoms with van der Waals surface area (Å²) in [6, 6.07) is 25.6. The SMILES string of the molecule is CC(C)(C)c1cc(-c2cc3c4c(c2)CCc2cccc(c2-4)CC3)cc2ccccc12. The Labute approximate surface area is 179 Å². The van der Waals surface area contributed by atoms with Gasteiger partial charge >= 0.3 is 0 Å². The third-order valence-corrected chi connectivity index (χ3v) is 7.12. The molecule has 0 nitrogen and oxygen atoms in total. The van der Waals surface area contributed by atoms with Crippen LogP contribution in [0.25, 0.3) is 33.0 Å². The van der Waals surface area contributed by atoms with Crippen LogP contribution in [0.1, 0.15) is 48.6 Å². The molecule has 0 heteroatoms. The third-order valence-electron chi connectivity index (χ3n) is 7.12. The molecule has 2 aliphatic carbocycles. The monoisotopic (exact) mass is 388 g/mol. The van der Waals surface area contributed by atoms with Crippen molar-refractivity contribution in [3.63, 3.8) is 0 Å². The van der Waals surface area contributed by atoms with Gasteiger partial charge in [-0.3, -0.25) is 0 Å². The second-order valence-electron chi connectivity index (χ2n) is 10.1. The second kappa shape index (κ2) is 6.32. The van der Waals surface area contributed by atoms with Gasteiger partial charge in [-0.1, -0.05) is 75.4 Å². The van der Waals surface area contributed by atoms with Crippen LogP contribution < -0.4 is 0 Å². The van der Waals surface area contributed by atoms with Gasteiger partial charge < -0.3 is 0 Å². The van der Waals surface area contributed by atoms with Crippen LogP contribution in [-0.2, 0) is 31.1 Å². The van der Waals surface area contributed by atoms with E-state index in [1.54, 1.807) is 33.4 Å². The zero-order valence-electron chi connectivity index (χ0n) is 18.2. The predicted octanol–water partition coefficient (Wildman–Crippen LogP) is 7.67. The van der Waals surface area contributed by atoms with E-state index in [0.717, 1.165) is 12.8 Å². The van der Waals surface area contributed by atoms with Gasteiger partial charge in [-0.15, -0.1) is 0 Å². The Hall–Kier alpha value is -2.86. The highest BCUT2D eigenvalue weighted by Crippen LogP contribution is 2.44. The smallest absolute Gasteiger partial charge is 0.0114 e. The molecule has 0 unspecified atom stereocenters. The van der Waals surface area contributed by atoms with Crippen molar-refractivity contribution in [3.05, 3.63) is 94.5 Å². The summed E-state index contributed by atoms with van der Waals surface area (Å²) in [7, 11) is 0. The molecule has 0 bridgehead atoms. The molecule has 30 heavy (non-hydrogen) atoms. The van der Waals surface area contributed by atoms with E-state index < -0.39 is 0 Å². The van der Waals surface area contributed by atoms with E-state index in [4.69, 9.17) is 0 Å². The molecule has 0 spiro atoms. The highest BCUT2D eigenvalue weighted by atomic mass is 14.3. The largest absolute Gasteiger partial charge is 0.0617 e. The summed E-state index contributed by atoms with van der Waals surface area (Å²) in [5.41, 5.74) is 13.6. The van der Waals surface area contributed by atoms with Crippen LogP contribution in [0.15, 0.2) is 66.7 Å². The molecule has 0 saturated heterocycles. The molecular formula is C30H28. The van der Waals surface area contributed by atoms with Crippen molar-refractivity contribution in [2.75, 3.05) is 0 Å². The number of hydrogen-bond acceptors (Lipinski definition) is 0. The zero-order valence-corrected chi connectivity index (χ0v) is 18.2. The van der Waals surface area contributed by atoms with E-state index in [-0.39, 0.29) is 5.41 Å². The van der Waals surface area contributed by atoms with E-state index >= 15 is 0 Å². The Morgan fingerprint density at radius 2 is 1.13 bits per heavy atom. The summed E-state index contributed by atoms with van der Waals surface area (Å²) in [5.74, 6) is 0. The lowest BCUT2D eigenvalue weighted by atomic mass is 9.74. The molecule has 0 saturated carbocycles. The van der Waals surface area contributed by atoms with Crippen molar-refractivity contribution in [1.29, 1.82) is 0 Å². The Bertz CT molecular complexity index is 1270. The Morgan fingerprint density at radius 1 is 0.567 bits per heavy atom. The van der Waals surface area contributed by atoms with Gasteiger partial charge in [-0.05, 0) is 104 Å². The van der Waals surface area contributed by atoms with Crippen molar-refractivity contribution in [2.24, 2.45) is 0 Å². The normalized spacial score (nSPS) is 14.6. The maximum atomic E-state index is 2.49. The molecule has 2 aliphatic rings. The highest BCUT2D eigenvalue weighted by molar-refractivity contribution is 5.92. The molecule has 0 fully saturated rings. The van der Waals surface area contributed by atoms with Crippen LogP contribution in [0.3, 0.4) is 0 Å². The van der Waals surface area contributed by atoms with Crippen molar-refractivity contribution in [3.8, 4) is 22.3 Å². The Kier molecular flexibility index (Phi) is 3.78. The lowest BCUT2D eigenvalue weighted by Gasteiger charge is -2.30. The van der Waals surface area contributed by atoms with Gasteiger partial charge in [0.1, 0.15) is 0 Å². The van der Waals surface area contributed by atoms with Crippen molar-refractivity contribution in [1.82, 2.24) is 0 Å². The minimum Gasteiger partial charge on any atom is -0.0617 e. The lowest BCUT2D eigenvalue weighted by Crippen LogP contribution is -2.14. The third kappa shape index (κ3) is 2.67. The van der Waals surface area contributed by atoms with E-state index in [9.17, 15) is 0 Å². The van der Waals surface area contributed by atoms with Crippen LogP contribution in [0.2, 0.25) is 0 Å². The number of benzene rings is 4. The summed E-state index contributed by atoms with van der Waals surface area (Å²) >= 11 is 0. The van der Waals surface area contributed by atoms with Crippen molar-refractivity contribution < 1.29 is 0 Å². The molecule has 0 radical (unpaired) electrons. The molecule has 0 N–H and O–H groups in total. The van der Waals surface area contributed by atoms with Gasteiger partial charge in [0.15, 0.2) is 0 Å². The van der Waals surface area contributed by atoms with Crippen LogP contribution in [0.5, 0.6) is 0 Å². The first kappa shape index (κ1) is 18.0. The first-order valence-electron chi connectivity index (χ1n) is 11.3. The molecule has 0 heterocycles. The molecule has 0 atom stereocenters. The fraction of sp³-hybridized carbons (Fsp3) is 0.267. The van der Waals surface area contributed by atoms with Crippen LogP contribution >= 0.6 is 0 Å². The second-order valence-corrected chi connectivity index (χ2v) is 10.1. The summed E-state index contributed by atoms with van der Waals surface area (Å²) < 4.78 is 0. The number of aryl methyl sites for hydroxylation is 4. The molecule has 0 amide bonds. The standard InChI is InChI=1S/C30H28/c1-30(2,3)27-18-25(15-21-7-4-5-10-26(21)27)24-16-22-13-11-19-8-6-9-20-12-14-23(17-24)29(22)28(19)20/h4-10,15-18H,11-14H2,1-3H3. The van der Waals surface area contributed by atoms with E-state index in [2.05, 4.69) is 87.5 Å². The van der Waals surface area contributed by atoms with E-state index in [1.807, 2.05) is 0 Å². The average Bonchev–Trinajstić information content (AvgIpc) is 2.76. The van der Waals surface area contributed by atoms with Crippen LogP contribution in [-0.4, -0.2) is 0 Å². The molecule has 4 aromatic rings. The van der Waals surface area contributed by atoms with Gasteiger partial charge in [0, 0.05) is 0 Å². The van der Waals surface area contributed by atoms with Crippen LogP contribution in [0, 0.1) is 0 Å². The molecule has 0 aliphatic heterocycles. The summed E-state index contributed by atoms with van der Waals surface area (Å²) in [6.45, 7) is 6.98. The van der Waals surface area contributed by atoms with Gasteiger partial charge in [-0.2, -0.15) is 0 Å². The average molecular weight is 389 g/mol. The van der Waals surface area contributed by atoms with Gasteiger partial charge in [0.25, 0.3) is 0 Å². The van der Waals surface area contributed by atoms with Gasteiger partial charge in [-0.25, -0.2) is 0 Å². The summed E-state index contributed by atoms with van der Waals surface area (Å²) in [4.78, 5) is 0. The summed E-state index contributed by atoms with van der Waals surface area (Å²) in [6.07, 6.45) is 4.66. The molecule has 0 aromatic heterocycles. The number of fused-ring (bicyclic) bond motifs is 1. The van der Waals surface area contributed by atoms with E-state index in [1.165, 1.54) is 40.3 Å². The van der Waals surface area contributed by atoms with Crippen molar-refractivity contribution in [2.45, 2.75) is 51.9 Å². The topological polar surface area (TPSA) is 0 Å². The predicted molar refractivity (Wildman–Crippen MR) is 128 cm³/mol. The maximum Gasteiger partial charge on any atom is -0.0114 e. The van der Waals surface area contributed by atoms with Crippen LogP contribution in [0.4, 0.5) is 0 Å². The first-order valence-corrected chi connectivity index (χ1v) is 11.3. The van der Waals surface area contributed by atoms with Gasteiger partial charge in [0.2, 0.25) is 0 Å². The molecular weight excluding hydrogens is 360 g/mol. The minimum atomic E-state index is 0.117. The molecule has 148 valence electrons. The summed E-state index contributed by atoms with van der Waals surface area (Å²) in [5, 5.41) is 2.73. The Morgan fingerprint density at radius 3 is 1.80 bits per heavy atom. The maximum absolute atomic E-state index is 2.49. The minimum absolute atomic E-state index is 0.117. The molecule has 6 rings (SSSR count). The van der Waals surface area contributed by atoms with Crippen molar-refractivity contribution >= 4 is 10.8 Å². The lowest BCUT2D eigenvalue weighted by molar-refractivity contribution is 0.596. The number of rotatable bonds is 1. The fourth-order valence-electron chi connectivity index (χ4n) is 5.68. The zero-order chi connectivity index (χ0) is 20.5. The quantitative estimate of drug-likeness (QED) is 0.314. The fourth-order valence-corrected chi connectivity index (χ4v) is 5.68. The Balaban J connectivity index is 1.59. The molecule has 4 aromatic carbocycles. The number of hydrogen-bond donors (Lipinski definition) is 0. The highest BCUT2D eigenvalue weighted by Gasteiger charge is 2.26. The van der Waals surface area contributed by atoms with E-state index in [0.29, 0.717) is 0 Å². The van der Waals surface area contributed by atoms with Gasteiger partial charge in [0.05, 0.1) is 0 Å².